The minimum absolute atomic E-state index is 0.154. The number of nitrogens with zero attached hydrogens (tertiary/aromatic N) is 4. The zero-order valence-electron chi connectivity index (χ0n) is 21.4. The molecule has 0 bridgehead atoms. The molecule has 3 heterocycles. The van der Waals surface area contributed by atoms with Gasteiger partial charge in [-0.25, -0.2) is 13.9 Å². The predicted octanol–water partition coefficient (Wildman–Crippen LogP) is 3.73. The fourth-order valence-corrected chi connectivity index (χ4v) is 5.32. The molecule has 2 saturated carbocycles. The molecular formula is C25H27ClF3N7O4. The molecule has 40 heavy (non-hydrogen) atoms. The van der Waals surface area contributed by atoms with Crippen LogP contribution in [0.3, 0.4) is 0 Å². The second-order valence-electron chi connectivity index (χ2n) is 10.2. The number of amides is 2. The van der Waals surface area contributed by atoms with E-state index in [4.69, 9.17) is 16.1 Å². The molecule has 1 unspecified atom stereocenters. The molecule has 5 rings (SSSR count). The zero-order valence-corrected chi connectivity index (χ0v) is 22.1. The monoisotopic (exact) mass is 581 g/mol. The smallest absolute Gasteiger partial charge is 0.269 e. The third kappa shape index (κ3) is 6.06. The molecule has 2 amide bonds. The number of aromatic amines is 1. The number of alkyl halides is 2. The largest absolute Gasteiger partial charge is 0.364 e. The molecule has 3 N–H and O–H groups in total. The van der Waals surface area contributed by atoms with Crippen molar-refractivity contribution in [3.8, 4) is 0 Å². The van der Waals surface area contributed by atoms with Crippen LogP contribution in [-0.2, 0) is 11.2 Å². The highest BCUT2D eigenvalue weighted by Gasteiger charge is 2.48. The van der Waals surface area contributed by atoms with Gasteiger partial charge in [-0.2, -0.15) is 9.49 Å². The summed E-state index contributed by atoms with van der Waals surface area (Å²) in [4.78, 5) is 39.0. The molecule has 214 valence electrons. The van der Waals surface area contributed by atoms with Gasteiger partial charge in [0.1, 0.15) is 28.7 Å². The Morgan fingerprint density at radius 1 is 1.25 bits per heavy atom. The second kappa shape index (κ2) is 11.4. The Hall–Kier alpha value is -3.68. The Morgan fingerprint density at radius 3 is 2.58 bits per heavy atom. The van der Waals surface area contributed by atoms with E-state index in [1.807, 2.05) is 6.92 Å². The molecule has 0 aliphatic heterocycles. The first-order valence-corrected chi connectivity index (χ1v) is 13.4. The van der Waals surface area contributed by atoms with E-state index >= 15 is 0 Å². The molecule has 2 fully saturated rings. The number of halogens is 4. The van der Waals surface area contributed by atoms with Crippen molar-refractivity contribution >= 4 is 29.1 Å². The minimum Gasteiger partial charge on any atom is -0.364 e. The molecule has 0 spiro atoms. The lowest BCUT2D eigenvalue weighted by Gasteiger charge is -2.27. The number of hydrogen-bond acceptors (Lipinski definition) is 7. The Balaban J connectivity index is 1.42. The van der Waals surface area contributed by atoms with Crippen molar-refractivity contribution in [1.82, 2.24) is 30.5 Å². The maximum Gasteiger partial charge on any atom is 0.269 e. The van der Waals surface area contributed by atoms with Gasteiger partial charge in [-0.05, 0) is 55.9 Å². The van der Waals surface area contributed by atoms with Gasteiger partial charge in [0, 0.05) is 12.0 Å². The highest BCUT2D eigenvalue weighted by molar-refractivity contribution is 6.29. The van der Waals surface area contributed by atoms with Gasteiger partial charge < -0.3 is 15.2 Å². The van der Waals surface area contributed by atoms with E-state index in [-0.39, 0.29) is 39.7 Å². The summed E-state index contributed by atoms with van der Waals surface area (Å²) in [6.45, 7) is 1.81. The van der Waals surface area contributed by atoms with Gasteiger partial charge in [-0.3, -0.25) is 19.1 Å². The van der Waals surface area contributed by atoms with Crippen molar-refractivity contribution in [2.45, 2.75) is 64.0 Å². The third-order valence-electron chi connectivity index (χ3n) is 7.34. The molecule has 3 aromatic rings. The fourth-order valence-electron chi connectivity index (χ4n) is 5.16. The summed E-state index contributed by atoms with van der Waals surface area (Å²) >= 11 is 5.84. The molecular weight excluding hydrogens is 555 g/mol. The maximum absolute atomic E-state index is 15.0. The molecule has 2 atom stereocenters. The van der Waals surface area contributed by atoms with Gasteiger partial charge in [0.2, 0.25) is 12.3 Å². The quantitative estimate of drug-likeness (QED) is 0.295. The number of hydrogen-bond donors (Lipinski definition) is 3. The number of nitrogens with one attached hydrogen (secondary N) is 3. The van der Waals surface area contributed by atoms with Crippen molar-refractivity contribution in [2.24, 2.45) is 17.8 Å². The summed E-state index contributed by atoms with van der Waals surface area (Å²) in [7, 11) is 0. The molecule has 11 nitrogen and oxygen atoms in total. The molecule has 0 aromatic carbocycles. The van der Waals surface area contributed by atoms with Gasteiger partial charge in [0.15, 0.2) is 0 Å². The second-order valence-corrected chi connectivity index (χ2v) is 10.5. The van der Waals surface area contributed by atoms with E-state index in [1.165, 1.54) is 6.26 Å². The number of carbonyl (C=O) groups excluding carboxylic acids is 2. The van der Waals surface area contributed by atoms with Gasteiger partial charge >= 0.3 is 0 Å². The predicted molar refractivity (Wildman–Crippen MR) is 136 cm³/mol. The van der Waals surface area contributed by atoms with Crippen LogP contribution in [0.5, 0.6) is 0 Å². The van der Waals surface area contributed by atoms with Gasteiger partial charge in [0.05, 0.1) is 17.9 Å². The standard InChI is InChI=1S/C25H27ClF3N7O4/c1-2-15-14(10-40-35-15)23(37)31-21(20(11-3-4-11)12-5-6-12)25(39)30-16-9-36(34-22(16)29)17(8-19(27)28)13-7-18(26)32-33-24(13)38/h7,9-12,17,19-21H,2-6,8H2,1H3,(H,30,39)(H,31,37)(H,33,38)/t17?,21-/m0/s1. The van der Waals surface area contributed by atoms with Crippen molar-refractivity contribution in [3.63, 3.8) is 0 Å². The van der Waals surface area contributed by atoms with Gasteiger partial charge in [-0.1, -0.05) is 23.7 Å². The number of aromatic nitrogens is 5. The van der Waals surface area contributed by atoms with Crippen molar-refractivity contribution < 1.29 is 27.3 Å². The average Bonchev–Trinajstić information content (AvgIpc) is 3.85. The first-order chi connectivity index (χ1) is 19.2. The van der Waals surface area contributed by atoms with Crippen LogP contribution in [0.4, 0.5) is 18.9 Å². The number of rotatable bonds is 12. The fraction of sp³-hybridized carbons (Fsp3) is 0.520. The highest BCUT2D eigenvalue weighted by Crippen LogP contribution is 2.51. The van der Waals surface area contributed by atoms with Crippen LogP contribution in [-0.4, -0.2) is 49.4 Å². The topological polar surface area (TPSA) is 148 Å². The number of H-pyrrole nitrogens is 1. The maximum atomic E-state index is 15.0. The lowest BCUT2D eigenvalue weighted by molar-refractivity contribution is -0.119. The Bertz CT molecular complexity index is 1440. The van der Waals surface area contributed by atoms with Crippen LogP contribution in [0.1, 0.15) is 66.7 Å². The van der Waals surface area contributed by atoms with E-state index in [0.29, 0.717) is 12.1 Å². The van der Waals surface area contributed by atoms with E-state index in [2.05, 4.69) is 31.1 Å². The zero-order chi connectivity index (χ0) is 28.6. The summed E-state index contributed by atoms with van der Waals surface area (Å²) in [5.74, 6) is -2.02. The molecule has 0 radical (unpaired) electrons. The Morgan fingerprint density at radius 2 is 1.95 bits per heavy atom. The van der Waals surface area contributed by atoms with E-state index in [9.17, 15) is 27.6 Å². The average molecular weight is 582 g/mol. The van der Waals surface area contributed by atoms with Crippen LogP contribution in [0, 0.1) is 23.7 Å². The highest BCUT2D eigenvalue weighted by atomic mass is 35.5. The minimum atomic E-state index is -2.87. The van der Waals surface area contributed by atoms with Crippen LogP contribution in [0.2, 0.25) is 5.15 Å². The Labute approximate surface area is 230 Å². The normalized spacial score (nSPS) is 16.8. The molecule has 0 saturated heterocycles. The lowest BCUT2D eigenvalue weighted by atomic mass is 9.88. The van der Waals surface area contributed by atoms with Crippen LogP contribution >= 0.6 is 11.6 Å². The summed E-state index contributed by atoms with van der Waals surface area (Å²) < 4.78 is 47.6. The molecule has 2 aliphatic carbocycles. The van der Waals surface area contributed by atoms with Crippen molar-refractivity contribution in [3.05, 3.63) is 56.8 Å². The van der Waals surface area contributed by atoms with Crippen LogP contribution in [0.25, 0.3) is 0 Å². The third-order valence-corrected chi connectivity index (χ3v) is 7.53. The first-order valence-electron chi connectivity index (χ1n) is 13.0. The van der Waals surface area contributed by atoms with Crippen molar-refractivity contribution in [1.29, 1.82) is 0 Å². The van der Waals surface area contributed by atoms with Crippen molar-refractivity contribution in [2.75, 3.05) is 5.32 Å². The van der Waals surface area contributed by atoms with Crippen LogP contribution in [0.15, 0.2) is 27.8 Å². The Kier molecular flexibility index (Phi) is 7.97. The van der Waals surface area contributed by atoms with Gasteiger partial charge in [0.25, 0.3) is 17.4 Å². The number of aryl methyl sites for hydroxylation is 1. The number of anilines is 1. The molecule has 3 aromatic heterocycles. The SMILES string of the molecule is CCc1nocc1C(=O)N[C@H](C(=O)Nc1cn(C(CC(F)F)c2cc(Cl)n[nH]c2=O)nc1F)C(C1CC1)C1CC1. The summed E-state index contributed by atoms with van der Waals surface area (Å²) in [5, 5.41) is 18.2. The van der Waals surface area contributed by atoms with Crippen LogP contribution < -0.4 is 16.2 Å². The summed E-state index contributed by atoms with van der Waals surface area (Å²) in [6.07, 6.45) is 2.61. The van der Waals surface area contributed by atoms with E-state index in [1.54, 1.807) is 0 Å². The number of carbonyl (C=O) groups is 2. The molecule has 15 heteroatoms. The molecule has 2 aliphatic rings. The van der Waals surface area contributed by atoms with E-state index < -0.39 is 48.3 Å². The summed E-state index contributed by atoms with van der Waals surface area (Å²) in [5.41, 5.74) is -0.731. The first kappa shape index (κ1) is 27.9. The van der Waals surface area contributed by atoms with E-state index in [0.717, 1.165) is 42.6 Å². The lowest BCUT2D eigenvalue weighted by Crippen LogP contribution is -2.50. The summed E-state index contributed by atoms with van der Waals surface area (Å²) in [6, 6.07) is -1.29. The van der Waals surface area contributed by atoms with Gasteiger partial charge in [-0.15, -0.1) is 5.10 Å².